The molecule has 1 saturated heterocycles. The molecule has 7 nitrogen and oxygen atoms in total. The lowest BCUT2D eigenvalue weighted by molar-refractivity contribution is -0.122. The Morgan fingerprint density at radius 2 is 1.93 bits per heavy atom. The molecule has 2 aromatic heterocycles. The van der Waals surface area contributed by atoms with Crippen LogP contribution in [0.3, 0.4) is 0 Å². The molecule has 0 aliphatic carbocycles. The molecule has 0 unspecified atom stereocenters. The van der Waals surface area contributed by atoms with Gasteiger partial charge in [-0.15, -0.1) is 0 Å². The number of nitrogens with two attached hydrogens (primary N) is 1. The first-order valence-corrected chi connectivity index (χ1v) is 10.2. The van der Waals surface area contributed by atoms with Crippen molar-refractivity contribution in [1.29, 1.82) is 0 Å². The summed E-state index contributed by atoms with van der Waals surface area (Å²) in [5, 5.41) is 3.87. The molecule has 0 atom stereocenters. The summed E-state index contributed by atoms with van der Waals surface area (Å²) in [5.74, 6) is 0.398. The van der Waals surface area contributed by atoms with Gasteiger partial charge in [0.1, 0.15) is 5.82 Å². The van der Waals surface area contributed by atoms with Gasteiger partial charge in [0.25, 0.3) is 5.91 Å². The first-order chi connectivity index (χ1) is 14.5. The molecular formula is C23H25N5O2. The number of pyridine rings is 2. The Hall–Kier alpha value is -3.48. The zero-order chi connectivity index (χ0) is 21.1. The first kappa shape index (κ1) is 19.8. The highest BCUT2D eigenvalue weighted by Crippen LogP contribution is 2.25. The van der Waals surface area contributed by atoms with E-state index in [4.69, 9.17) is 5.73 Å². The van der Waals surface area contributed by atoms with E-state index in [-0.39, 0.29) is 17.7 Å². The monoisotopic (exact) mass is 403 g/mol. The molecule has 1 fully saturated rings. The molecule has 154 valence electrons. The van der Waals surface area contributed by atoms with Crippen LogP contribution in [-0.2, 0) is 11.3 Å². The van der Waals surface area contributed by atoms with Crippen molar-refractivity contribution >= 4 is 28.5 Å². The van der Waals surface area contributed by atoms with Crippen LogP contribution < -0.4 is 16.0 Å². The zero-order valence-corrected chi connectivity index (χ0v) is 17.0. The van der Waals surface area contributed by atoms with Crippen LogP contribution in [0.4, 0.5) is 5.82 Å². The van der Waals surface area contributed by atoms with Gasteiger partial charge in [0.05, 0.1) is 11.1 Å². The highest BCUT2D eigenvalue weighted by molar-refractivity contribution is 6.06. The van der Waals surface area contributed by atoms with Gasteiger partial charge in [-0.05, 0) is 38.0 Å². The third kappa shape index (κ3) is 4.10. The van der Waals surface area contributed by atoms with Gasteiger partial charge in [-0.25, -0.2) is 4.98 Å². The van der Waals surface area contributed by atoms with E-state index in [1.54, 1.807) is 6.20 Å². The molecule has 1 aliphatic heterocycles. The minimum Gasteiger partial charge on any atom is -0.369 e. The summed E-state index contributed by atoms with van der Waals surface area (Å²) in [6.45, 7) is 3.70. The Morgan fingerprint density at radius 1 is 1.17 bits per heavy atom. The van der Waals surface area contributed by atoms with Gasteiger partial charge in [-0.3, -0.25) is 14.6 Å². The molecule has 0 spiro atoms. The molecule has 4 rings (SSSR count). The normalized spacial score (nSPS) is 14.6. The fraction of sp³-hybridized carbons (Fsp3) is 0.304. The van der Waals surface area contributed by atoms with Crippen LogP contribution >= 0.6 is 0 Å². The molecule has 2 amide bonds. The van der Waals surface area contributed by atoms with Crippen LogP contribution in [-0.4, -0.2) is 34.9 Å². The number of benzene rings is 1. The number of hydrogen-bond donors (Lipinski definition) is 2. The molecule has 1 aliphatic rings. The Balaban J connectivity index is 1.50. The van der Waals surface area contributed by atoms with E-state index in [0.717, 1.165) is 53.9 Å². The predicted octanol–water partition coefficient (Wildman–Crippen LogP) is 2.57. The number of aryl methyl sites for hydroxylation is 1. The number of carbonyl (C=O) groups is 2. The number of nitrogens with one attached hydrogen (secondary N) is 1. The summed E-state index contributed by atoms with van der Waals surface area (Å²) in [5.41, 5.74) is 8.61. The predicted molar refractivity (Wildman–Crippen MR) is 116 cm³/mol. The smallest absolute Gasteiger partial charge is 0.252 e. The first-order valence-electron chi connectivity index (χ1n) is 10.2. The zero-order valence-electron chi connectivity index (χ0n) is 17.0. The molecule has 3 heterocycles. The topological polar surface area (TPSA) is 101 Å². The van der Waals surface area contributed by atoms with Crippen LogP contribution in [0.1, 0.15) is 34.5 Å². The van der Waals surface area contributed by atoms with E-state index >= 15 is 0 Å². The van der Waals surface area contributed by atoms with Crippen molar-refractivity contribution in [3.05, 3.63) is 65.5 Å². The van der Waals surface area contributed by atoms with E-state index in [1.165, 1.54) is 0 Å². The maximum atomic E-state index is 13.0. The highest BCUT2D eigenvalue weighted by atomic mass is 16.2. The van der Waals surface area contributed by atoms with Crippen LogP contribution in [0.2, 0.25) is 0 Å². The molecule has 3 N–H and O–H groups in total. The fourth-order valence-corrected chi connectivity index (χ4v) is 4.00. The molecule has 7 heteroatoms. The second-order valence-electron chi connectivity index (χ2n) is 7.66. The van der Waals surface area contributed by atoms with Gasteiger partial charge >= 0.3 is 0 Å². The van der Waals surface area contributed by atoms with Crippen LogP contribution in [0.5, 0.6) is 0 Å². The summed E-state index contributed by atoms with van der Waals surface area (Å²) in [4.78, 5) is 35.6. The summed E-state index contributed by atoms with van der Waals surface area (Å²) >= 11 is 0. The number of para-hydroxylation sites is 1. The minimum absolute atomic E-state index is 0.0728. The lowest BCUT2D eigenvalue weighted by atomic mass is 9.96. The number of carbonyl (C=O) groups excluding carboxylic acids is 2. The second-order valence-corrected chi connectivity index (χ2v) is 7.66. The third-order valence-corrected chi connectivity index (χ3v) is 5.59. The number of anilines is 1. The molecule has 0 bridgehead atoms. The fourth-order valence-electron chi connectivity index (χ4n) is 4.00. The Bertz CT molecular complexity index is 1090. The van der Waals surface area contributed by atoms with Gasteiger partial charge in [0.15, 0.2) is 0 Å². The number of piperidine rings is 1. The van der Waals surface area contributed by atoms with Crippen LogP contribution in [0.25, 0.3) is 10.9 Å². The van der Waals surface area contributed by atoms with E-state index in [2.05, 4.69) is 20.2 Å². The number of rotatable bonds is 5. The maximum Gasteiger partial charge on any atom is 0.252 e. The summed E-state index contributed by atoms with van der Waals surface area (Å²) in [7, 11) is 0. The molecule has 1 aromatic carbocycles. The van der Waals surface area contributed by atoms with Gasteiger partial charge in [0.2, 0.25) is 5.91 Å². The minimum atomic E-state index is -0.233. The summed E-state index contributed by atoms with van der Waals surface area (Å²) in [6.07, 6.45) is 3.19. The number of fused-ring (bicyclic) bond motifs is 1. The van der Waals surface area contributed by atoms with Gasteiger partial charge in [-0.2, -0.15) is 0 Å². The average molecular weight is 403 g/mol. The van der Waals surface area contributed by atoms with E-state index in [0.29, 0.717) is 12.1 Å². The van der Waals surface area contributed by atoms with Gasteiger partial charge in [-0.1, -0.05) is 24.3 Å². The van der Waals surface area contributed by atoms with Crippen molar-refractivity contribution in [1.82, 2.24) is 15.3 Å². The van der Waals surface area contributed by atoms with Crippen molar-refractivity contribution in [2.75, 3.05) is 18.0 Å². The average Bonchev–Trinajstić information content (AvgIpc) is 2.77. The Morgan fingerprint density at radius 3 is 2.70 bits per heavy atom. The van der Waals surface area contributed by atoms with Crippen molar-refractivity contribution < 1.29 is 9.59 Å². The van der Waals surface area contributed by atoms with Crippen LogP contribution in [0, 0.1) is 12.8 Å². The van der Waals surface area contributed by atoms with Crippen molar-refractivity contribution in [3.63, 3.8) is 0 Å². The molecule has 0 radical (unpaired) electrons. The van der Waals surface area contributed by atoms with Gasteiger partial charge in [0, 0.05) is 48.4 Å². The number of primary amides is 1. The van der Waals surface area contributed by atoms with E-state index in [9.17, 15) is 9.59 Å². The Labute approximate surface area is 175 Å². The standard InChI is InChI=1S/C23H25N5O2/c1-15-13-19(18-6-2-3-7-20(18)27-15)23(30)26-14-17-5-4-10-25-22(17)28-11-8-16(9-12-28)21(24)29/h2-7,10,13,16H,8-9,11-12,14H2,1H3,(H2,24,29)(H,26,30). The molecule has 30 heavy (non-hydrogen) atoms. The number of amides is 2. The van der Waals surface area contributed by atoms with Crippen molar-refractivity contribution in [2.24, 2.45) is 11.7 Å². The molecule has 3 aromatic rings. The maximum absolute atomic E-state index is 13.0. The van der Waals surface area contributed by atoms with Crippen LogP contribution in [0.15, 0.2) is 48.7 Å². The van der Waals surface area contributed by atoms with E-state index in [1.807, 2.05) is 49.4 Å². The largest absolute Gasteiger partial charge is 0.369 e. The van der Waals surface area contributed by atoms with Crippen molar-refractivity contribution in [3.8, 4) is 0 Å². The Kier molecular flexibility index (Phi) is 5.61. The lowest BCUT2D eigenvalue weighted by Crippen LogP contribution is -2.39. The molecule has 0 saturated carbocycles. The second kappa shape index (κ2) is 8.49. The third-order valence-electron chi connectivity index (χ3n) is 5.59. The van der Waals surface area contributed by atoms with Crippen molar-refractivity contribution in [2.45, 2.75) is 26.3 Å². The summed E-state index contributed by atoms with van der Waals surface area (Å²) < 4.78 is 0. The summed E-state index contributed by atoms with van der Waals surface area (Å²) in [6, 6.07) is 13.3. The highest BCUT2D eigenvalue weighted by Gasteiger charge is 2.25. The lowest BCUT2D eigenvalue weighted by Gasteiger charge is -2.32. The number of nitrogens with zero attached hydrogens (tertiary/aromatic N) is 3. The molecular weight excluding hydrogens is 378 g/mol. The number of aromatic nitrogens is 2. The SMILES string of the molecule is Cc1cc(C(=O)NCc2cccnc2N2CCC(C(N)=O)CC2)c2ccccc2n1. The van der Waals surface area contributed by atoms with E-state index < -0.39 is 0 Å². The van der Waals surface area contributed by atoms with Gasteiger partial charge < -0.3 is 16.0 Å². The number of hydrogen-bond acceptors (Lipinski definition) is 5. The quantitative estimate of drug-likeness (QED) is 0.682.